The van der Waals surface area contributed by atoms with Gasteiger partial charge in [-0.2, -0.15) is 0 Å². The van der Waals surface area contributed by atoms with Gasteiger partial charge in [0.15, 0.2) is 0 Å². The van der Waals surface area contributed by atoms with Crippen LogP contribution in [-0.2, 0) is 11.2 Å². The summed E-state index contributed by atoms with van der Waals surface area (Å²) < 4.78 is 5.16. The Morgan fingerprint density at radius 1 is 1.18 bits per heavy atom. The van der Waals surface area contributed by atoms with Crippen molar-refractivity contribution >= 4 is 5.97 Å². The van der Waals surface area contributed by atoms with Crippen molar-refractivity contribution in [3.05, 3.63) is 29.3 Å². The number of hydrogen-bond acceptors (Lipinski definition) is 2. The third kappa shape index (κ3) is 4.22. The van der Waals surface area contributed by atoms with Crippen LogP contribution in [0.3, 0.4) is 0 Å². The molecule has 2 heteroatoms. The first kappa shape index (κ1) is 15.7. The van der Waals surface area contributed by atoms with E-state index in [1.165, 1.54) is 5.56 Å². The summed E-state index contributed by atoms with van der Waals surface area (Å²) >= 11 is 0. The lowest BCUT2D eigenvalue weighted by Gasteiger charge is -2.20. The summed E-state index contributed by atoms with van der Waals surface area (Å²) in [6, 6.07) is 5.91. The molecule has 0 amide bonds. The highest BCUT2D eigenvalue weighted by Gasteiger charge is 2.24. The van der Waals surface area contributed by atoms with Crippen LogP contribution >= 0.6 is 0 Å². The summed E-state index contributed by atoms with van der Waals surface area (Å²) in [5, 5.41) is 0. The molecule has 1 aromatic carbocycles. The molecular formula is C15H24O2. The van der Waals surface area contributed by atoms with Crippen molar-refractivity contribution in [2.45, 2.75) is 48.0 Å². The zero-order valence-corrected chi connectivity index (χ0v) is 11.8. The SMILES string of the molecule is CC.CC.Cc1ccc2c(c1)CC(C)C(=O)O2. The van der Waals surface area contributed by atoms with E-state index in [1.54, 1.807) is 0 Å². The Bertz CT molecular complexity index is 356. The largest absolute Gasteiger partial charge is 0.426 e. The van der Waals surface area contributed by atoms with Crippen LogP contribution in [0.5, 0.6) is 5.75 Å². The van der Waals surface area contributed by atoms with Crippen LogP contribution in [0.25, 0.3) is 0 Å². The zero-order chi connectivity index (χ0) is 13.4. The van der Waals surface area contributed by atoms with E-state index in [-0.39, 0.29) is 11.9 Å². The predicted molar refractivity (Wildman–Crippen MR) is 72.4 cm³/mol. The lowest BCUT2D eigenvalue weighted by molar-refractivity contribution is -0.139. The van der Waals surface area contributed by atoms with Crippen molar-refractivity contribution in [1.29, 1.82) is 0 Å². The fourth-order valence-electron chi connectivity index (χ4n) is 1.59. The van der Waals surface area contributed by atoms with E-state index >= 15 is 0 Å². The van der Waals surface area contributed by atoms with E-state index in [2.05, 4.69) is 6.07 Å². The van der Waals surface area contributed by atoms with Crippen LogP contribution in [0, 0.1) is 12.8 Å². The maximum absolute atomic E-state index is 11.2. The highest BCUT2D eigenvalue weighted by atomic mass is 16.5. The lowest BCUT2D eigenvalue weighted by atomic mass is 9.96. The van der Waals surface area contributed by atoms with Gasteiger partial charge < -0.3 is 4.74 Å². The Morgan fingerprint density at radius 2 is 1.76 bits per heavy atom. The first-order valence-electron chi connectivity index (χ1n) is 6.48. The number of hydrogen-bond donors (Lipinski definition) is 0. The fourth-order valence-corrected chi connectivity index (χ4v) is 1.59. The van der Waals surface area contributed by atoms with Gasteiger partial charge in [-0.25, -0.2) is 0 Å². The molecule has 0 saturated heterocycles. The molecular weight excluding hydrogens is 212 g/mol. The van der Waals surface area contributed by atoms with Crippen LogP contribution in [0.15, 0.2) is 18.2 Å². The molecule has 17 heavy (non-hydrogen) atoms. The normalized spacial score (nSPS) is 16.6. The topological polar surface area (TPSA) is 26.3 Å². The molecule has 2 rings (SSSR count). The van der Waals surface area contributed by atoms with Gasteiger partial charge in [0.05, 0.1) is 5.92 Å². The Kier molecular flexibility index (Phi) is 7.27. The molecule has 0 aliphatic carbocycles. The highest BCUT2D eigenvalue weighted by molar-refractivity contribution is 5.77. The van der Waals surface area contributed by atoms with Crippen molar-refractivity contribution < 1.29 is 9.53 Å². The molecule has 1 atom stereocenters. The zero-order valence-electron chi connectivity index (χ0n) is 11.8. The summed E-state index contributed by atoms with van der Waals surface area (Å²) in [4.78, 5) is 11.2. The second kappa shape index (κ2) is 7.88. The first-order valence-corrected chi connectivity index (χ1v) is 6.48. The minimum atomic E-state index is -0.114. The molecule has 0 bridgehead atoms. The molecule has 0 fully saturated rings. The van der Waals surface area contributed by atoms with Gasteiger partial charge in [-0.3, -0.25) is 4.79 Å². The molecule has 1 aromatic rings. The summed E-state index contributed by atoms with van der Waals surface area (Å²) in [5.74, 6) is 0.611. The molecule has 1 unspecified atom stereocenters. The van der Waals surface area contributed by atoms with Gasteiger partial charge >= 0.3 is 5.97 Å². The lowest BCUT2D eigenvalue weighted by Crippen LogP contribution is -2.25. The molecule has 1 aliphatic heterocycles. The Hall–Kier alpha value is -1.31. The summed E-state index contributed by atoms with van der Waals surface area (Å²) in [6.07, 6.45) is 0.801. The Balaban J connectivity index is 0.000000581. The summed E-state index contributed by atoms with van der Waals surface area (Å²) in [5.41, 5.74) is 2.36. The van der Waals surface area contributed by atoms with E-state index in [0.29, 0.717) is 0 Å². The number of ether oxygens (including phenoxy) is 1. The molecule has 0 N–H and O–H groups in total. The monoisotopic (exact) mass is 236 g/mol. The van der Waals surface area contributed by atoms with Crippen molar-refractivity contribution in [1.82, 2.24) is 0 Å². The van der Waals surface area contributed by atoms with Gasteiger partial charge in [-0.1, -0.05) is 52.3 Å². The van der Waals surface area contributed by atoms with E-state index in [4.69, 9.17) is 4.74 Å². The number of fused-ring (bicyclic) bond motifs is 1. The third-order valence-electron chi connectivity index (χ3n) is 2.36. The average molecular weight is 236 g/mol. The number of esters is 1. The van der Waals surface area contributed by atoms with Crippen LogP contribution in [0.2, 0.25) is 0 Å². The van der Waals surface area contributed by atoms with Gasteiger partial charge in [0.25, 0.3) is 0 Å². The van der Waals surface area contributed by atoms with Gasteiger partial charge in [0, 0.05) is 0 Å². The number of benzene rings is 1. The molecule has 0 aromatic heterocycles. The maximum atomic E-state index is 11.2. The van der Waals surface area contributed by atoms with Crippen molar-refractivity contribution in [2.24, 2.45) is 5.92 Å². The number of carbonyl (C=O) groups is 1. The van der Waals surface area contributed by atoms with Crippen molar-refractivity contribution in [2.75, 3.05) is 0 Å². The maximum Gasteiger partial charge on any atom is 0.314 e. The van der Waals surface area contributed by atoms with E-state index in [1.807, 2.05) is 53.7 Å². The van der Waals surface area contributed by atoms with Crippen LogP contribution in [-0.4, -0.2) is 5.97 Å². The van der Waals surface area contributed by atoms with E-state index in [9.17, 15) is 4.79 Å². The number of carbonyl (C=O) groups excluding carboxylic acids is 1. The smallest absolute Gasteiger partial charge is 0.314 e. The molecule has 2 nitrogen and oxygen atoms in total. The van der Waals surface area contributed by atoms with Gasteiger partial charge in [-0.05, 0) is 25.0 Å². The number of aryl methyl sites for hydroxylation is 1. The predicted octanol–water partition coefficient (Wildman–Crippen LogP) is 4.15. The van der Waals surface area contributed by atoms with Crippen LogP contribution in [0.1, 0.15) is 45.7 Å². The molecule has 0 spiro atoms. The second-order valence-electron chi connectivity index (χ2n) is 3.64. The Labute approximate surface area is 105 Å². The summed E-state index contributed by atoms with van der Waals surface area (Å²) in [7, 11) is 0. The van der Waals surface area contributed by atoms with Gasteiger partial charge in [0.1, 0.15) is 5.75 Å². The second-order valence-corrected chi connectivity index (χ2v) is 3.64. The molecule has 0 radical (unpaired) electrons. The highest BCUT2D eigenvalue weighted by Crippen LogP contribution is 2.28. The Morgan fingerprint density at radius 3 is 2.35 bits per heavy atom. The summed E-state index contributed by atoms with van der Waals surface area (Å²) in [6.45, 7) is 11.9. The fraction of sp³-hybridized carbons (Fsp3) is 0.533. The minimum Gasteiger partial charge on any atom is -0.426 e. The first-order chi connectivity index (χ1) is 8.16. The number of rotatable bonds is 0. The van der Waals surface area contributed by atoms with Crippen LogP contribution in [0.4, 0.5) is 0 Å². The van der Waals surface area contributed by atoms with Crippen LogP contribution < -0.4 is 4.74 Å². The van der Waals surface area contributed by atoms with Gasteiger partial charge in [-0.15, -0.1) is 0 Å². The third-order valence-corrected chi connectivity index (χ3v) is 2.36. The van der Waals surface area contributed by atoms with E-state index < -0.39 is 0 Å². The molecule has 1 heterocycles. The molecule has 96 valence electrons. The van der Waals surface area contributed by atoms with Crippen molar-refractivity contribution in [3.63, 3.8) is 0 Å². The quantitative estimate of drug-likeness (QED) is 0.500. The average Bonchev–Trinajstić information content (AvgIpc) is 2.36. The van der Waals surface area contributed by atoms with E-state index in [0.717, 1.165) is 17.7 Å². The van der Waals surface area contributed by atoms with Gasteiger partial charge in [0.2, 0.25) is 0 Å². The standard InChI is InChI=1S/C11H12O2.2C2H6/c1-7-3-4-10-9(5-7)6-8(2)11(12)13-10;2*1-2/h3-5,8H,6H2,1-2H3;2*1-2H3. The molecule has 0 saturated carbocycles. The minimum absolute atomic E-state index is 0.00528. The molecule has 1 aliphatic rings. The van der Waals surface area contributed by atoms with Crippen molar-refractivity contribution in [3.8, 4) is 5.75 Å².